The average molecular weight is 307 g/mol. The summed E-state index contributed by atoms with van der Waals surface area (Å²) >= 11 is 0. The van der Waals surface area contributed by atoms with Gasteiger partial charge in [0.15, 0.2) is 5.78 Å². The van der Waals surface area contributed by atoms with Crippen molar-refractivity contribution in [2.45, 2.75) is 25.3 Å². The van der Waals surface area contributed by atoms with E-state index < -0.39 is 0 Å². The van der Waals surface area contributed by atoms with E-state index in [0.717, 1.165) is 23.2 Å². The molecule has 0 saturated heterocycles. The largest absolute Gasteiger partial charge is 0.378 e. The third kappa shape index (κ3) is 2.27. The van der Waals surface area contributed by atoms with Gasteiger partial charge < -0.3 is 5.32 Å². The lowest BCUT2D eigenvalue weighted by Gasteiger charge is -2.37. The van der Waals surface area contributed by atoms with Crippen LogP contribution in [-0.2, 0) is 0 Å². The summed E-state index contributed by atoms with van der Waals surface area (Å²) in [4.78, 5) is 11.7. The quantitative estimate of drug-likeness (QED) is 0.634. The Morgan fingerprint density at radius 2 is 2.00 bits per heavy atom. The number of nitrogens with one attached hydrogen (secondary N) is 1. The van der Waals surface area contributed by atoms with Crippen LogP contribution in [-0.4, -0.2) is 5.78 Å². The minimum atomic E-state index is -0.167. The molecule has 0 spiro atoms. The summed E-state index contributed by atoms with van der Waals surface area (Å²) in [6.45, 7) is 1.59. The molecule has 2 aromatic carbocycles. The van der Waals surface area contributed by atoms with Gasteiger partial charge in [-0.1, -0.05) is 30.4 Å². The molecule has 1 N–H and O–H groups in total. The van der Waals surface area contributed by atoms with Crippen LogP contribution in [0.25, 0.3) is 0 Å². The van der Waals surface area contributed by atoms with Crippen LogP contribution in [0, 0.1) is 11.7 Å². The van der Waals surface area contributed by atoms with E-state index in [9.17, 15) is 9.18 Å². The van der Waals surface area contributed by atoms with Gasteiger partial charge in [0.2, 0.25) is 0 Å². The van der Waals surface area contributed by atoms with Crippen LogP contribution in [0.1, 0.15) is 46.8 Å². The normalized spacial score (nSPS) is 24.7. The third-order valence-corrected chi connectivity index (χ3v) is 5.01. The Hall–Kier alpha value is -2.42. The lowest BCUT2D eigenvalue weighted by molar-refractivity contribution is 0.101. The number of rotatable bonds is 2. The highest BCUT2D eigenvalue weighted by Gasteiger charge is 2.38. The standard InChI is InChI=1S/C20H18FNO/c1-12(23)13-9-10-19-17(11-13)14-6-4-7-15(14)20(22-19)16-5-2-3-8-18(16)21/h2-6,8-11,14-15,20,22H,7H2,1H3/t14-,15-,20-/m1/s1. The second-order valence-corrected chi connectivity index (χ2v) is 6.36. The van der Waals surface area contributed by atoms with Crippen molar-refractivity contribution >= 4 is 11.5 Å². The fourth-order valence-corrected chi connectivity index (χ4v) is 3.85. The van der Waals surface area contributed by atoms with Gasteiger partial charge in [0.1, 0.15) is 5.82 Å². The predicted molar refractivity (Wildman–Crippen MR) is 89.2 cm³/mol. The molecule has 0 bridgehead atoms. The first kappa shape index (κ1) is 14.2. The summed E-state index contributed by atoms with van der Waals surface area (Å²) in [5, 5.41) is 3.50. The number of fused-ring (bicyclic) bond motifs is 3. The van der Waals surface area contributed by atoms with Gasteiger partial charge in [-0.05, 0) is 49.1 Å². The van der Waals surface area contributed by atoms with Crippen LogP contribution in [0.2, 0.25) is 0 Å². The van der Waals surface area contributed by atoms with Gasteiger partial charge in [0.05, 0.1) is 6.04 Å². The van der Waals surface area contributed by atoms with Gasteiger partial charge in [-0.15, -0.1) is 0 Å². The molecule has 3 atom stereocenters. The molecule has 116 valence electrons. The minimum absolute atomic E-state index is 0.0492. The number of Topliss-reactive ketones (excluding diaryl/α,β-unsaturated/α-hetero) is 1. The Morgan fingerprint density at radius 1 is 1.17 bits per heavy atom. The summed E-state index contributed by atoms with van der Waals surface area (Å²) in [7, 11) is 0. The molecule has 1 aliphatic carbocycles. The van der Waals surface area contributed by atoms with Crippen molar-refractivity contribution in [1.29, 1.82) is 0 Å². The lowest BCUT2D eigenvalue weighted by atomic mass is 9.76. The molecule has 1 aliphatic heterocycles. The molecule has 2 aliphatic rings. The molecule has 0 radical (unpaired) electrons. The fourth-order valence-electron chi connectivity index (χ4n) is 3.85. The zero-order valence-electron chi connectivity index (χ0n) is 12.9. The molecule has 0 fully saturated rings. The van der Waals surface area contributed by atoms with Crippen molar-refractivity contribution in [2.75, 3.05) is 5.32 Å². The van der Waals surface area contributed by atoms with Crippen molar-refractivity contribution in [3.05, 3.63) is 77.1 Å². The molecule has 23 heavy (non-hydrogen) atoms. The van der Waals surface area contributed by atoms with E-state index >= 15 is 0 Å². The van der Waals surface area contributed by atoms with E-state index in [4.69, 9.17) is 0 Å². The van der Waals surface area contributed by atoms with Crippen LogP contribution in [0.15, 0.2) is 54.6 Å². The molecule has 4 rings (SSSR count). The van der Waals surface area contributed by atoms with Crippen molar-refractivity contribution < 1.29 is 9.18 Å². The Bertz CT molecular complexity index is 811. The first-order valence-electron chi connectivity index (χ1n) is 7.97. The van der Waals surface area contributed by atoms with Crippen molar-refractivity contribution in [3.8, 4) is 0 Å². The number of hydrogen-bond donors (Lipinski definition) is 1. The van der Waals surface area contributed by atoms with E-state index in [2.05, 4.69) is 17.5 Å². The minimum Gasteiger partial charge on any atom is -0.378 e. The van der Waals surface area contributed by atoms with Gasteiger partial charge in [-0.25, -0.2) is 4.39 Å². The molecule has 0 saturated carbocycles. The van der Waals surface area contributed by atoms with Crippen LogP contribution in [0.3, 0.4) is 0 Å². The zero-order chi connectivity index (χ0) is 16.0. The number of benzene rings is 2. The third-order valence-electron chi connectivity index (χ3n) is 5.01. The molecular formula is C20H18FNO. The highest BCUT2D eigenvalue weighted by molar-refractivity contribution is 5.95. The van der Waals surface area contributed by atoms with Crippen LogP contribution in [0.4, 0.5) is 10.1 Å². The van der Waals surface area contributed by atoms with E-state index in [1.54, 1.807) is 13.0 Å². The van der Waals surface area contributed by atoms with Crippen LogP contribution < -0.4 is 5.32 Å². The highest BCUT2D eigenvalue weighted by atomic mass is 19.1. The van der Waals surface area contributed by atoms with Gasteiger partial charge in [0.25, 0.3) is 0 Å². The lowest BCUT2D eigenvalue weighted by Crippen LogP contribution is -2.29. The molecule has 3 heteroatoms. The Morgan fingerprint density at radius 3 is 2.78 bits per heavy atom. The predicted octanol–water partition coefficient (Wildman–Crippen LogP) is 4.85. The Kier molecular flexibility index (Phi) is 3.29. The number of carbonyl (C=O) groups excluding carboxylic acids is 1. The fraction of sp³-hybridized carbons (Fsp3) is 0.250. The smallest absolute Gasteiger partial charge is 0.159 e. The van der Waals surface area contributed by atoms with Crippen molar-refractivity contribution in [1.82, 2.24) is 0 Å². The first-order chi connectivity index (χ1) is 11.1. The van der Waals surface area contributed by atoms with Crippen LogP contribution in [0.5, 0.6) is 0 Å². The number of anilines is 1. The Balaban J connectivity index is 1.81. The van der Waals surface area contributed by atoms with Crippen LogP contribution >= 0.6 is 0 Å². The van der Waals surface area contributed by atoms with Gasteiger partial charge in [-0.2, -0.15) is 0 Å². The number of ketones is 1. The summed E-state index contributed by atoms with van der Waals surface area (Å²) < 4.78 is 14.3. The molecule has 0 unspecified atom stereocenters. The zero-order valence-corrected chi connectivity index (χ0v) is 12.9. The molecule has 2 nitrogen and oxygen atoms in total. The Labute approximate surface area is 135 Å². The van der Waals surface area contributed by atoms with E-state index in [0.29, 0.717) is 5.56 Å². The van der Waals surface area contributed by atoms with E-state index in [1.165, 1.54) is 6.07 Å². The second-order valence-electron chi connectivity index (χ2n) is 6.36. The second kappa shape index (κ2) is 5.34. The summed E-state index contributed by atoms with van der Waals surface area (Å²) in [6.07, 6.45) is 5.28. The van der Waals surface area contributed by atoms with Gasteiger partial charge >= 0.3 is 0 Å². The summed E-state index contributed by atoms with van der Waals surface area (Å²) in [6, 6.07) is 12.7. The summed E-state index contributed by atoms with van der Waals surface area (Å²) in [5.41, 5.74) is 3.58. The molecular weight excluding hydrogens is 289 g/mol. The monoisotopic (exact) mass is 307 g/mol. The number of hydrogen-bond acceptors (Lipinski definition) is 2. The SMILES string of the molecule is CC(=O)c1ccc2c(c1)[C@@H]1C=CC[C@H]1[C@H](c1ccccc1F)N2. The molecule has 0 aromatic heterocycles. The maximum Gasteiger partial charge on any atom is 0.159 e. The first-order valence-corrected chi connectivity index (χ1v) is 7.97. The maximum absolute atomic E-state index is 14.3. The molecule has 1 heterocycles. The average Bonchev–Trinajstić information content (AvgIpc) is 3.04. The van der Waals surface area contributed by atoms with E-state index in [1.807, 2.05) is 30.3 Å². The maximum atomic E-state index is 14.3. The van der Waals surface area contributed by atoms with E-state index in [-0.39, 0.29) is 29.5 Å². The highest BCUT2D eigenvalue weighted by Crippen LogP contribution is 2.50. The molecule has 0 amide bonds. The van der Waals surface area contributed by atoms with Crippen molar-refractivity contribution in [2.24, 2.45) is 5.92 Å². The number of carbonyl (C=O) groups is 1. The van der Waals surface area contributed by atoms with Gasteiger partial charge in [-0.3, -0.25) is 4.79 Å². The number of halogens is 1. The molecule has 2 aromatic rings. The van der Waals surface area contributed by atoms with Gasteiger partial charge in [0, 0.05) is 22.7 Å². The number of allylic oxidation sites excluding steroid dienone is 2. The van der Waals surface area contributed by atoms with Crippen molar-refractivity contribution in [3.63, 3.8) is 0 Å². The topological polar surface area (TPSA) is 29.1 Å². The summed E-state index contributed by atoms with van der Waals surface area (Å²) in [5.74, 6) is 0.416.